The topological polar surface area (TPSA) is 90.3 Å². The predicted molar refractivity (Wildman–Crippen MR) is 109 cm³/mol. The number of ether oxygens (including phenoxy) is 1. The van der Waals surface area contributed by atoms with Crippen LogP contribution < -0.4 is 10.9 Å². The van der Waals surface area contributed by atoms with Gasteiger partial charge in [-0.2, -0.15) is 0 Å². The second-order valence-corrected chi connectivity index (χ2v) is 7.14. The first kappa shape index (κ1) is 19.8. The minimum Gasteiger partial charge on any atom is -0.465 e. The van der Waals surface area contributed by atoms with E-state index >= 15 is 0 Å². The van der Waals surface area contributed by atoms with Crippen LogP contribution >= 0.6 is 15.9 Å². The molecule has 0 fully saturated rings. The molecule has 28 heavy (non-hydrogen) atoms. The Hall–Kier alpha value is -3.00. The summed E-state index contributed by atoms with van der Waals surface area (Å²) in [5, 5.41) is 3.26. The minimum absolute atomic E-state index is 0.0863. The highest BCUT2D eigenvalue weighted by molar-refractivity contribution is 9.10. The van der Waals surface area contributed by atoms with Gasteiger partial charge in [-0.25, -0.2) is 9.78 Å². The number of carbonyl (C=O) groups excluding carboxylic acids is 2. The number of amides is 1. The van der Waals surface area contributed by atoms with E-state index in [1.807, 2.05) is 13.0 Å². The fourth-order valence-corrected chi connectivity index (χ4v) is 3.09. The van der Waals surface area contributed by atoms with Crippen LogP contribution in [-0.2, 0) is 16.1 Å². The molecule has 0 atom stereocenters. The molecule has 3 rings (SSSR count). The Kier molecular flexibility index (Phi) is 5.89. The number of methoxy groups -OCH3 is 1. The van der Waals surface area contributed by atoms with E-state index in [4.69, 9.17) is 4.74 Å². The van der Waals surface area contributed by atoms with Crippen LogP contribution in [0, 0.1) is 6.92 Å². The molecule has 0 aliphatic rings. The monoisotopic (exact) mass is 443 g/mol. The number of benzene rings is 2. The molecule has 7 nitrogen and oxygen atoms in total. The molecule has 0 radical (unpaired) electrons. The summed E-state index contributed by atoms with van der Waals surface area (Å²) in [6.07, 6.45) is 1.53. The molecule has 0 bridgehead atoms. The van der Waals surface area contributed by atoms with Crippen LogP contribution in [0.4, 0.5) is 5.69 Å². The molecule has 0 aliphatic heterocycles. The Labute approximate surface area is 169 Å². The fraction of sp³-hybridized carbons (Fsp3) is 0.200. The molecule has 1 heterocycles. The number of aromatic nitrogens is 2. The molecule has 3 aromatic rings. The van der Waals surface area contributed by atoms with Crippen molar-refractivity contribution in [2.75, 3.05) is 12.4 Å². The van der Waals surface area contributed by atoms with Gasteiger partial charge in [-0.1, -0.05) is 22.0 Å². The van der Waals surface area contributed by atoms with Crippen molar-refractivity contribution in [2.45, 2.75) is 19.9 Å². The van der Waals surface area contributed by atoms with Crippen molar-refractivity contribution in [1.29, 1.82) is 0 Å². The molecule has 2 aromatic carbocycles. The number of hydrogen-bond donors (Lipinski definition) is 1. The van der Waals surface area contributed by atoms with Crippen molar-refractivity contribution in [3.05, 3.63) is 68.7 Å². The zero-order valence-corrected chi connectivity index (χ0v) is 16.9. The van der Waals surface area contributed by atoms with E-state index < -0.39 is 5.97 Å². The molecule has 0 saturated carbocycles. The van der Waals surface area contributed by atoms with Gasteiger partial charge < -0.3 is 10.1 Å². The molecule has 144 valence electrons. The van der Waals surface area contributed by atoms with Gasteiger partial charge in [0.25, 0.3) is 5.56 Å². The average Bonchev–Trinajstić information content (AvgIpc) is 2.69. The maximum absolute atomic E-state index is 12.6. The molecule has 0 spiro atoms. The number of halogens is 1. The Morgan fingerprint density at radius 3 is 2.75 bits per heavy atom. The first-order valence-electron chi connectivity index (χ1n) is 8.52. The summed E-state index contributed by atoms with van der Waals surface area (Å²) >= 11 is 3.35. The molecule has 0 aliphatic carbocycles. The number of nitrogens with zero attached hydrogens (tertiary/aromatic N) is 2. The molecular weight excluding hydrogens is 426 g/mol. The second-order valence-electron chi connectivity index (χ2n) is 6.22. The van der Waals surface area contributed by atoms with Crippen molar-refractivity contribution in [1.82, 2.24) is 9.55 Å². The number of hydrogen-bond acceptors (Lipinski definition) is 5. The van der Waals surface area contributed by atoms with Crippen LogP contribution in [0.3, 0.4) is 0 Å². The van der Waals surface area contributed by atoms with Gasteiger partial charge in [0, 0.05) is 23.1 Å². The largest absolute Gasteiger partial charge is 0.465 e. The van der Waals surface area contributed by atoms with E-state index in [0.717, 1.165) is 10.0 Å². The lowest BCUT2D eigenvalue weighted by Gasteiger charge is -2.11. The number of rotatable bonds is 5. The zero-order valence-electron chi connectivity index (χ0n) is 15.4. The lowest BCUT2D eigenvalue weighted by molar-refractivity contribution is -0.116. The van der Waals surface area contributed by atoms with Crippen LogP contribution in [0.1, 0.15) is 22.3 Å². The van der Waals surface area contributed by atoms with E-state index in [1.165, 1.54) is 18.0 Å². The van der Waals surface area contributed by atoms with E-state index in [-0.39, 0.29) is 24.4 Å². The van der Waals surface area contributed by atoms with Gasteiger partial charge in [-0.15, -0.1) is 0 Å². The summed E-state index contributed by atoms with van der Waals surface area (Å²) in [5.74, 6) is -0.748. The maximum atomic E-state index is 12.6. The Morgan fingerprint density at radius 2 is 2.00 bits per heavy atom. The van der Waals surface area contributed by atoms with Crippen LogP contribution in [0.15, 0.2) is 52.0 Å². The van der Waals surface area contributed by atoms with Crippen molar-refractivity contribution in [3.8, 4) is 0 Å². The SMILES string of the molecule is COC(=O)c1ccc(C)c(NC(=O)CCn2cnc3ccc(Br)cc3c2=O)c1. The summed E-state index contributed by atoms with van der Waals surface area (Å²) in [5.41, 5.74) is 2.09. The third kappa shape index (κ3) is 4.28. The standard InChI is InChI=1S/C20H18BrN3O4/c1-12-3-4-13(20(27)28-2)9-17(12)23-18(25)7-8-24-11-22-16-6-5-14(21)10-15(16)19(24)26/h3-6,9-11H,7-8H2,1-2H3,(H,23,25). The first-order chi connectivity index (χ1) is 13.4. The molecule has 1 aromatic heterocycles. The highest BCUT2D eigenvalue weighted by Gasteiger charge is 2.11. The van der Waals surface area contributed by atoms with Crippen LogP contribution in [0.2, 0.25) is 0 Å². The van der Waals surface area contributed by atoms with E-state index in [0.29, 0.717) is 22.2 Å². The third-order valence-corrected chi connectivity index (χ3v) is 4.79. The maximum Gasteiger partial charge on any atom is 0.337 e. The Balaban J connectivity index is 1.73. The molecule has 1 N–H and O–H groups in total. The zero-order chi connectivity index (χ0) is 20.3. The first-order valence-corrected chi connectivity index (χ1v) is 9.32. The van der Waals surface area contributed by atoms with Gasteiger partial charge in [0.2, 0.25) is 5.91 Å². The molecular formula is C20H18BrN3O4. The number of esters is 1. The number of aryl methyl sites for hydroxylation is 2. The van der Waals surface area contributed by atoms with Crippen molar-refractivity contribution < 1.29 is 14.3 Å². The van der Waals surface area contributed by atoms with Crippen LogP contribution in [0.25, 0.3) is 10.9 Å². The van der Waals surface area contributed by atoms with Gasteiger partial charge in [-0.05, 0) is 42.8 Å². The third-order valence-electron chi connectivity index (χ3n) is 4.30. The number of nitrogens with one attached hydrogen (secondary N) is 1. The van der Waals surface area contributed by atoms with Gasteiger partial charge in [0.05, 0.1) is 29.9 Å². The number of anilines is 1. The smallest absolute Gasteiger partial charge is 0.337 e. The summed E-state index contributed by atoms with van der Waals surface area (Å²) in [6.45, 7) is 2.02. The molecule has 0 unspecified atom stereocenters. The van der Waals surface area contributed by atoms with Crippen molar-refractivity contribution in [2.24, 2.45) is 0 Å². The van der Waals surface area contributed by atoms with Gasteiger partial charge in [0.1, 0.15) is 0 Å². The Bertz CT molecular complexity index is 1120. The summed E-state index contributed by atoms with van der Waals surface area (Å²) in [4.78, 5) is 40.8. The van der Waals surface area contributed by atoms with E-state index in [1.54, 1.807) is 30.3 Å². The summed E-state index contributed by atoms with van der Waals surface area (Å²) in [6, 6.07) is 10.2. The van der Waals surface area contributed by atoms with Crippen LogP contribution in [0.5, 0.6) is 0 Å². The molecule has 0 saturated heterocycles. The number of carbonyl (C=O) groups is 2. The Morgan fingerprint density at radius 1 is 1.21 bits per heavy atom. The normalized spacial score (nSPS) is 10.7. The lowest BCUT2D eigenvalue weighted by Crippen LogP contribution is -2.24. The van der Waals surface area contributed by atoms with Crippen LogP contribution in [-0.4, -0.2) is 28.5 Å². The summed E-state index contributed by atoms with van der Waals surface area (Å²) in [7, 11) is 1.30. The van der Waals surface area contributed by atoms with E-state index in [9.17, 15) is 14.4 Å². The average molecular weight is 444 g/mol. The quantitative estimate of drug-likeness (QED) is 0.610. The predicted octanol–water partition coefficient (Wildman–Crippen LogP) is 3.28. The van der Waals surface area contributed by atoms with E-state index in [2.05, 4.69) is 26.2 Å². The molecule has 8 heteroatoms. The van der Waals surface area contributed by atoms with Crippen molar-refractivity contribution in [3.63, 3.8) is 0 Å². The highest BCUT2D eigenvalue weighted by atomic mass is 79.9. The summed E-state index contributed by atoms with van der Waals surface area (Å²) < 4.78 is 6.89. The second kappa shape index (κ2) is 8.35. The number of fused-ring (bicyclic) bond motifs is 1. The van der Waals surface area contributed by atoms with Gasteiger partial charge in [-0.3, -0.25) is 14.2 Å². The minimum atomic E-state index is -0.476. The van der Waals surface area contributed by atoms with Gasteiger partial charge in [0.15, 0.2) is 0 Å². The fourth-order valence-electron chi connectivity index (χ4n) is 2.73. The van der Waals surface area contributed by atoms with Gasteiger partial charge >= 0.3 is 5.97 Å². The lowest BCUT2D eigenvalue weighted by atomic mass is 10.1. The van der Waals surface area contributed by atoms with Crippen molar-refractivity contribution >= 4 is 44.4 Å². The molecule has 1 amide bonds. The highest BCUT2D eigenvalue weighted by Crippen LogP contribution is 2.18.